The molecule has 1 aromatic carbocycles. The molecule has 2 nitrogen and oxygen atoms in total. The van der Waals surface area contributed by atoms with Gasteiger partial charge in [-0.2, -0.15) is 0 Å². The molecule has 0 heterocycles. The smallest absolute Gasteiger partial charge is 0.122 e. The van der Waals surface area contributed by atoms with Crippen molar-refractivity contribution in [3.63, 3.8) is 0 Å². The minimum absolute atomic E-state index is 0.524. The quantitative estimate of drug-likeness (QED) is 0.780. The van der Waals surface area contributed by atoms with E-state index in [0.29, 0.717) is 5.92 Å². The van der Waals surface area contributed by atoms with Gasteiger partial charge in [-0.25, -0.2) is 0 Å². The molecule has 0 saturated carbocycles. The van der Waals surface area contributed by atoms with E-state index in [1.165, 1.54) is 5.56 Å². The SMILES string of the molecule is CCC(CCN)c1ccccc1OC. The van der Waals surface area contributed by atoms with Crippen molar-refractivity contribution in [3.8, 4) is 5.75 Å². The highest BCUT2D eigenvalue weighted by Crippen LogP contribution is 2.30. The van der Waals surface area contributed by atoms with Crippen molar-refractivity contribution in [2.75, 3.05) is 13.7 Å². The third kappa shape index (κ3) is 2.48. The molecule has 0 fully saturated rings. The number of hydrogen-bond donors (Lipinski definition) is 1. The van der Waals surface area contributed by atoms with Crippen molar-refractivity contribution < 1.29 is 4.74 Å². The molecule has 0 aliphatic rings. The second-order valence-electron chi connectivity index (χ2n) is 3.42. The van der Waals surface area contributed by atoms with Crippen LogP contribution < -0.4 is 10.5 Å². The minimum atomic E-state index is 0.524. The Morgan fingerprint density at radius 1 is 1.36 bits per heavy atom. The highest BCUT2D eigenvalue weighted by Gasteiger charge is 2.12. The summed E-state index contributed by atoms with van der Waals surface area (Å²) in [6.45, 7) is 2.92. The van der Waals surface area contributed by atoms with Crippen molar-refractivity contribution in [3.05, 3.63) is 29.8 Å². The molecule has 14 heavy (non-hydrogen) atoms. The summed E-state index contributed by atoms with van der Waals surface area (Å²) >= 11 is 0. The minimum Gasteiger partial charge on any atom is -0.496 e. The van der Waals surface area contributed by atoms with Gasteiger partial charge in [-0.1, -0.05) is 25.1 Å². The van der Waals surface area contributed by atoms with Crippen molar-refractivity contribution in [1.29, 1.82) is 0 Å². The van der Waals surface area contributed by atoms with Crippen LogP contribution in [0.4, 0.5) is 0 Å². The molecule has 0 radical (unpaired) electrons. The molecule has 1 aromatic rings. The Hall–Kier alpha value is -1.02. The molecule has 2 N–H and O–H groups in total. The van der Waals surface area contributed by atoms with E-state index in [0.717, 1.165) is 25.1 Å². The molecule has 0 amide bonds. The predicted octanol–water partition coefficient (Wildman–Crippen LogP) is 2.54. The highest BCUT2D eigenvalue weighted by molar-refractivity contribution is 5.36. The van der Waals surface area contributed by atoms with E-state index < -0.39 is 0 Å². The summed E-state index contributed by atoms with van der Waals surface area (Å²) in [6, 6.07) is 8.19. The van der Waals surface area contributed by atoms with Gasteiger partial charge in [0.2, 0.25) is 0 Å². The zero-order valence-electron chi connectivity index (χ0n) is 8.99. The Bertz CT molecular complexity index is 273. The van der Waals surface area contributed by atoms with Crippen molar-refractivity contribution in [2.45, 2.75) is 25.7 Å². The number of rotatable bonds is 5. The van der Waals surface area contributed by atoms with Gasteiger partial charge in [-0.15, -0.1) is 0 Å². The summed E-state index contributed by atoms with van der Waals surface area (Å²) in [5.41, 5.74) is 6.87. The maximum atomic E-state index is 5.59. The maximum Gasteiger partial charge on any atom is 0.122 e. The van der Waals surface area contributed by atoms with Crippen molar-refractivity contribution in [2.24, 2.45) is 5.73 Å². The summed E-state index contributed by atoms with van der Waals surface area (Å²) in [6.07, 6.45) is 2.13. The molecule has 0 saturated heterocycles. The zero-order chi connectivity index (χ0) is 10.4. The first-order valence-corrected chi connectivity index (χ1v) is 5.16. The van der Waals surface area contributed by atoms with Gasteiger partial charge in [-0.05, 0) is 36.9 Å². The van der Waals surface area contributed by atoms with Gasteiger partial charge in [0.15, 0.2) is 0 Å². The fourth-order valence-electron chi connectivity index (χ4n) is 1.78. The van der Waals surface area contributed by atoms with E-state index in [-0.39, 0.29) is 0 Å². The molecule has 2 heteroatoms. The Kier molecular flexibility index (Phi) is 4.47. The molecule has 0 aliphatic heterocycles. The van der Waals surface area contributed by atoms with Crippen LogP contribution >= 0.6 is 0 Å². The number of nitrogens with two attached hydrogens (primary N) is 1. The fourth-order valence-corrected chi connectivity index (χ4v) is 1.78. The van der Waals surface area contributed by atoms with Crippen LogP contribution in [0.1, 0.15) is 31.2 Å². The lowest BCUT2D eigenvalue weighted by molar-refractivity contribution is 0.403. The van der Waals surface area contributed by atoms with Gasteiger partial charge in [0.25, 0.3) is 0 Å². The van der Waals surface area contributed by atoms with E-state index in [1.54, 1.807) is 7.11 Å². The topological polar surface area (TPSA) is 35.2 Å². The van der Waals surface area contributed by atoms with E-state index >= 15 is 0 Å². The lowest BCUT2D eigenvalue weighted by Gasteiger charge is -2.17. The summed E-state index contributed by atoms with van der Waals surface area (Å²) in [5.74, 6) is 1.50. The van der Waals surface area contributed by atoms with Gasteiger partial charge in [-0.3, -0.25) is 0 Å². The maximum absolute atomic E-state index is 5.59. The second-order valence-corrected chi connectivity index (χ2v) is 3.42. The van der Waals surface area contributed by atoms with Crippen LogP contribution in [0.25, 0.3) is 0 Å². The van der Waals surface area contributed by atoms with Crippen LogP contribution in [0.15, 0.2) is 24.3 Å². The second kappa shape index (κ2) is 5.66. The number of benzene rings is 1. The van der Waals surface area contributed by atoms with Gasteiger partial charge < -0.3 is 10.5 Å². The van der Waals surface area contributed by atoms with Crippen LogP contribution in [-0.4, -0.2) is 13.7 Å². The predicted molar refractivity (Wildman–Crippen MR) is 59.7 cm³/mol. The Labute approximate surface area is 86.1 Å². The Balaban J connectivity index is 2.90. The normalized spacial score (nSPS) is 12.5. The molecular weight excluding hydrogens is 174 g/mol. The summed E-state index contributed by atoms with van der Waals surface area (Å²) in [4.78, 5) is 0. The van der Waals surface area contributed by atoms with E-state index in [9.17, 15) is 0 Å². The zero-order valence-corrected chi connectivity index (χ0v) is 8.99. The van der Waals surface area contributed by atoms with E-state index in [4.69, 9.17) is 10.5 Å². The molecule has 78 valence electrons. The Morgan fingerprint density at radius 2 is 2.07 bits per heavy atom. The van der Waals surface area contributed by atoms with Crippen LogP contribution in [0.2, 0.25) is 0 Å². The van der Waals surface area contributed by atoms with Crippen LogP contribution in [0.3, 0.4) is 0 Å². The van der Waals surface area contributed by atoms with Crippen molar-refractivity contribution in [1.82, 2.24) is 0 Å². The van der Waals surface area contributed by atoms with Crippen LogP contribution in [0.5, 0.6) is 5.75 Å². The van der Waals surface area contributed by atoms with Crippen LogP contribution in [-0.2, 0) is 0 Å². The molecular formula is C12H19NO. The largest absolute Gasteiger partial charge is 0.496 e. The van der Waals surface area contributed by atoms with Gasteiger partial charge in [0.05, 0.1) is 7.11 Å². The standard InChI is InChI=1S/C12H19NO/c1-3-10(8-9-13)11-6-4-5-7-12(11)14-2/h4-7,10H,3,8-9,13H2,1-2H3. The molecule has 0 aromatic heterocycles. The molecule has 1 rings (SSSR count). The number of para-hydroxylation sites is 1. The first kappa shape index (κ1) is 11.1. The van der Waals surface area contributed by atoms with Gasteiger partial charge in [0.1, 0.15) is 5.75 Å². The summed E-state index contributed by atoms with van der Waals surface area (Å²) < 4.78 is 5.33. The number of methoxy groups -OCH3 is 1. The third-order valence-electron chi connectivity index (χ3n) is 2.59. The van der Waals surface area contributed by atoms with Crippen LogP contribution in [0, 0.1) is 0 Å². The molecule has 0 aliphatic carbocycles. The Morgan fingerprint density at radius 3 is 2.64 bits per heavy atom. The van der Waals surface area contributed by atoms with Crippen molar-refractivity contribution >= 4 is 0 Å². The first-order chi connectivity index (χ1) is 6.83. The van der Waals surface area contributed by atoms with Gasteiger partial charge >= 0.3 is 0 Å². The first-order valence-electron chi connectivity index (χ1n) is 5.16. The molecule has 1 unspecified atom stereocenters. The lowest BCUT2D eigenvalue weighted by atomic mass is 9.92. The summed E-state index contributed by atoms with van der Waals surface area (Å²) in [7, 11) is 1.72. The third-order valence-corrected chi connectivity index (χ3v) is 2.59. The van der Waals surface area contributed by atoms with E-state index in [2.05, 4.69) is 19.1 Å². The average Bonchev–Trinajstić information content (AvgIpc) is 2.26. The fraction of sp³-hybridized carbons (Fsp3) is 0.500. The molecule has 0 spiro atoms. The van der Waals surface area contributed by atoms with E-state index in [1.807, 2.05) is 12.1 Å². The summed E-state index contributed by atoms with van der Waals surface area (Å²) in [5, 5.41) is 0. The monoisotopic (exact) mass is 193 g/mol. The molecule has 1 atom stereocenters. The average molecular weight is 193 g/mol. The number of hydrogen-bond acceptors (Lipinski definition) is 2. The highest BCUT2D eigenvalue weighted by atomic mass is 16.5. The molecule has 0 bridgehead atoms. The van der Waals surface area contributed by atoms with Gasteiger partial charge in [0, 0.05) is 0 Å². The number of ether oxygens (including phenoxy) is 1. The lowest BCUT2D eigenvalue weighted by Crippen LogP contribution is -2.07.